The number of hydrogen-bond donors (Lipinski definition) is 0. The number of nitrogens with zero attached hydrogens (tertiary/aromatic N) is 3. The van der Waals surface area contributed by atoms with Crippen molar-refractivity contribution in [1.29, 1.82) is 0 Å². The van der Waals surface area contributed by atoms with Crippen LogP contribution in [0.2, 0.25) is 0 Å². The number of halogens is 1. The molecule has 0 bridgehead atoms. The van der Waals surface area contributed by atoms with Crippen LogP contribution in [0.4, 0.5) is 0 Å². The fourth-order valence-corrected chi connectivity index (χ4v) is 3.94. The highest BCUT2D eigenvalue weighted by atomic mass is 79.9. The monoisotopic (exact) mass is 443 g/mol. The van der Waals surface area contributed by atoms with Gasteiger partial charge in [-0.2, -0.15) is 4.98 Å². The Bertz CT molecular complexity index is 899. The van der Waals surface area contributed by atoms with Gasteiger partial charge in [0.05, 0.1) is 6.26 Å². The van der Waals surface area contributed by atoms with Gasteiger partial charge in [0.15, 0.2) is 5.76 Å². The number of rotatable bonds is 6. The number of amides is 1. The molecule has 0 radical (unpaired) electrons. The molecule has 1 amide bonds. The number of carbonyl (C=O) groups excluding carboxylic acids is 1. The van der Waals surface area contributed by atoms with E-state index in [1.54, 1.807) is 12.1 Å². The van der Waals surface area contributed by atoms with Gasteiger partial charge in [-0.3, -0.25) is 4.79 Å². The average molecular weight is 444 g/mol. The maximum absolute atomic E-state index is 12.9. The van der Waals surface area contributed by atoms with Crippen LogP contribution in [-0.2, 0) is 6.42 Å². The highest BCUT2D eigenvalue weighted by molar-refractivity contribution is 9.10. The van der Waals surface area contributed by atoms with Crippen molar-refractivity contribution >= 4 is 21.8 Å². The van der Waals surface area contributed by atoms with E-state index in [0.29, 0.717) is 30.4 Å². The molecule has 0 aliphatic heterocycles. The summed E-state index contributed by atoms with van der Waals surface area (Å²) in [6.07, 6.45) is 7.66. The maximum atomic E-state index is 12.9. The fraction of sp³-hybridized carbons (Fsp3) is 0.381. The molecule has 0 spiro atoms. The normalized spacial score (nSPS) is 14.9. The zero-order chi connectivity index (χ0) is 19.3. The standard InChI is InChI=1S/C21H22BrN3O3/c22-16-10-8-15(9-11-16)20-23-19(28-24-20)12-13-25(17-5-2-1-3-6-17)21(26)18-7-4-14-27-18/h4,7-11,14,17H,1-3,5-6,12-13H2. The molecule has 4 rings (SSSR count). The molecule has 28 heavy (non-hydrogen) atoms. The molecule has 1 aliphatic carbocycles. The molecule has 2 aromatic heterocycles. The van der Waals surface area contributed by atoms with E-state index in [1.807, 2.05) is 29.2 Å². The van der Waals surface area contributed by atoms with Gasteiger partial charge < -0.3 is 13.8 Å². The van der Waals surface area contributed by atoms with E-state index in [0.717, 1.165) is 35.7 Å². The summed E-state index contributed by atoms with van der Waals surface area (Å²) in [4.78, 5) is 19.4. The molecule has 7 heteroatoms. The largest absolute Gasteiger partial charge is 0.459 e. The van der Waals surface area contributed by atoms with Gasteiger partial charge in [-0.15, -0.1) is 0 Å². The predicted molar refractivity (Wildman–Crippen MR) is 108 cm³/mol. The lowest BCUT2D eigenvalue weighted by molar-refractivity contribution is 0.0599. The second-order valence-electron chi connectivity index (χ2n) is 7.04. The van der Waals surface area contributed by atoms with Crippen LogP contribution in [0.5, 0.6) is 0 Å². The first-order valence-corrected chi connectivity index (χ1v) is 10.4. The minimum atomic E-state index is -0.0652. The molecule has 1 aromatic carbocycles. The van der Waals surface area contributed by atoms with Gasteiger partial charge in [0, 0.05) is 29.0 Å². The van der Waals surface area contributed by atoms with E-state index >= 15 is 0 Å². The third-order valence-electron chi connectivity index (χ3n) is 5.15. The average Bonchev–Trinajstić information content (AvgIpc) is 3.42. The van der Waals surface area contributed by atoms with Crippen molar-refractivity contribution in [3.63, 3.8) is 0 Å². The van der Waals surface area contributed by atoms with Crippen LogP contribution in [0, 0.1) is 0 Å². The lowest BCUT2D eigenvalue weighted by atomic mass is 9.94. The van der Waals surface area contributed by atoms with Crippen molar-refractivity contribution in [1.82, 2.24) is 15.0 Å². The van der Waals surface area contributed by atoms with Gasteiger partial charge in [-0.1, -0.05) is 40.3 Å². The molecule has 3 aromatic rings. The summed E-state index contributed by atoms with van der Waals surface area (Å²) in [6, 6.07) is 11.5. The van der Waals surface area contributed by atoms with E-state index in [4.69, 9.17) is 8.94 Å². The first-order chi connectivity index (χ1) is 13.7. The van der Waals surface area contributed by atoms with Crippen LogP contribution >= 0.6 is 15.9 Å². The van der Waals surface area contributed by atoms with Crippen LogP contribution in [0.1, 0.15) is 48.5 Å². The topological polar surface area (TPSA) is 72.4 Å². The molecule has 1 aliphatic rings. The summed E-state index contributed by atoms with van der Waals surface area (Å²) < 4.78 is 11.8. The molecular formula is C21H22BrN3O3. The summed E-state index contributed by atoms with van der Waals surface area (Å²) in [5, 5.41) is 4.08. The number of benzene rings is 1. The van der Waals surface area contributed by atoms with Crippen LogP contribution in [0.25, 0.3) is 11.4 Å². The lowest BCUT2D eigenvalue weighted by Crippen LogP contribution is -2.42. The van der Waals surface area contributed by atoms with E-state index in [-0.39, 0.29) is 11.9 Å². The Morgan fingerprint density at radius 3 is 2.64 bits per heavy atom. The van der Waals surface area contributed by atoms with Crippen molar-refractivity contribution in [2.45, 2.75) is 44.6 Å². The molecule has 0 atom stereocenters. The van der Waals surface area contributed by atoms with E-state index < -0.39 is 0 Å². The lowest BCUT2D eigenvalue weighted by Gasteiger charge is -2.33. The van der Waals surface area contributed by atoms with E-state index in [9.17, 15) is 4.79 Å². The Morgan fingerprint density at radius 1 is 1.14 bits per heavy atom. The molecule has 2 heterocycles. The van der Waals surface area contributed by atoms with Gasteiger partial charge in [-0.05, 0) is 49.2 Å². The highest BCUT2D eigenvalue weighted by Gasteiger charge is 2.28. The van der Waals surface area contributed by atoms with Gasteiger partial charge in [0.2, 0.25) is 11.7 Å². The van der Waals surface area contributed by atoms with Gasteiger partial charge in [-0.25, -0.2) is 0 Å². The Kier molecular flexibility index (Phi) is 5.90. The maximum Gasteiger partial charge on any atom is 0.289 e. The van der Waals surface area contributed by atoms with Gasteiger partial charge >= 0.3 is 0 Å². The van der Waals surface area contributed by atoms with Crippen molar-refractivity contribution in [3.05, 3.63) is 58.8 Å². The zero-order valence-corrected chi connectivity index (χ0v) is 17.1. The molecule has 1 fully saturated rings. The Labute approximate surface area is 172 Å². The third-order valence-corrected chi connectivity index (χ3v) is 5.67. The minimum absolute atomic E-state index is 0.0652. The van der Waals surface area contributed by atoms with Crippen molar-refractivity contribution < 1.29 is 13.7 Å². The predicted octanol–water partition coefficient (Wildman–Crippen LogP) is 5.11. The number of furan rings is 1. The molecule has 0 saturated heterocycles. The Hall–Kier alpha value is -2.41. The molecule has 6 nitrogen and oxygen atoms in total. The molecule has 146 valence electrons. The van der Waals surface area contributed by atoms with Crippen LogP contribution in [0.15, 0.2) is 56.1 Å². The van der Waals surface area contributed by atoms with Crippen LogP contribution in [-0.4, -0.2) is 33.5 Å². The number of hydrogen-bond acceptors (Lipinski definition) is 5. The second kappa shape index (κ2) is 8.73. The SMILES string of the molecule is O=C(c1ccco1)N(CCc1nc(-c2ccc(Br)cc2)no1)C1CCCCC1. The fourth-order valence-electron chi connectivity index (χ4n) is 3.67. The molecule has 0 unspecified atom stereocenters. The van der Waals surface area contributed by atoms with Crippen molar-refractivity contribution in [3.8, 4) is 11.4 Å². The molecular weight excluding hydrogens is 422 g/mol. The third kappa shape index (κ3) is 4.35. The summed E-state index contributed by atoms with van der Waals surface area (Å²) in [6.45, 7) is 0.534. The van der Waals surface area contributed by atoms with Crippen molar-refractivity contribution in [2.24, 2.45) is 0 Å². The first-order valence-electron chi connectivity index (χ1n) is 9.64. The van der Waals surface area contributed by atoms with Gasteiger partial charge in [0.25, 0.3) is 5.91 Å². The van der Waals surface area contributed by atoms with E-state index in [2.05, 4.69) is 26.1 Å². The number of aromatic nitrogens is 2. The summed E-state index contributed by atoms with van der Waals surface area (Å²) >= 11 is 3.42. The Morgan fingerprint density at radius 2 is 1.93 bits per heavy atom. The van der Waals surface area contributed by atoms with Gasteiger partial charge in [0.1, 0.15) is 0 Å². The number of carbonyl (C=O) groups is 1. The van der Waals surface area contributed by atoms with Crippen molar-refractivity contribution in [2.75, 3.05) is 6.54 Å². The quantitative estimate of drug-likeness (QED) is 0.529. The molecule has 1 saturated carbocycles. The highest BCUT2D eigenvalue weighted by Crippen LogP contribution is 2.25. The first kappa shape index (κ1) is 18.9. The molecule has 0 N–H and O–H groups in total. The summed E-state index contributed by atoms with van der Waals surface area (Å²) in [5.74, 6) is 1.41. The van der Waals surface area contributed by atoms with Crippen LogP contribution < -0.4 is 0 Å². The summed E-state index contributed by atoms with van der Waals surface area (Å²) in [7, 11) is 0. The smallest absolute Gasteiger partial charge is 0.289 e. The Balaban J connectivity index is 1.46. The zero-order valence-electron chi connectivity index (χ0n) is 15.5. The second-order valence-corrected chi connectivity index (χ2v) is 7.95. The van der Waals surface area contributed by atoms with E-state index in [1.165, 1.54) is 12.7 Å². The minimum Gasteiger partial charge on any atom is -0.459 e. The summed E-state index contributed by atoms with van der Waals surface area (Å²) in [5.41, 5.74) is 0.897. The van der Waals surface area contributed by atoms with Crippen LogP contribution in [0.3, 0.4) is 0 Å².